The second kappa shape index (κ2) is 1.47. The molecule has 4 heteroatoms. The molecule has 0 aromatic carbocycles. The third kappa shape index (κ3) is 63.1. The summed E-state index contributed by atoms with van der Waals surface area (Å²) in [5.41, 5.74) is 0. The Bertz CT molecular complexity index is 25.1. The zero-order valence-corrected chi connectivity index (χ0v) is 5.18. The first-order valence-electron chi connectivity index (χ1n) is 1.08. The van der Waals surface area contributed by atoms with Gasteiger partial charge in [0.15, 0.2) is 0 Å². The summed E-state index contributed by atoms with van der Waals surface area (Å²) in [4.78, 5) is 9.77. The van der Waals surface area contributed by atoms with Gasteiger partial charge < -0.3 is 0 Å². The van der Waals surface area contributed by atoms with E-state index in [0.29, 0.717) is 0 Å². The van der Waals surface area contributed by atoms with Crippen molar-refractivity contribution in [1.29, 1.82) is 0 Å². The van der Waals surface area contributed by atoms with Crippen LogP contribution in [0, 0.1) is 0 Å². The Morgan fingerprint density at radius 1 is 1.60 bits per heavy atom. The Hall–Kier alpha value is 0.757. The van der Waals surface area contributed by atoms with Crippen molar-refractivity contribution in [2.45, 2.75) is 6.55 Å². The van der Waals surface area contributed by atoms with Crippen molar-refractivity contribution in [3.05, 3.63) is 0 Å². The van der Waals surface area contributed by atoms with Crippen molar-refractivity contribution in [1.82, 2.24) is 0 Å². The summed E-state index contributed by atoms with van der Waals surface area (Å²) in [7, 11) is 0. The lowest BCUT2D eigenvalue weighted by molar-refractivity contribution is 0.463. The van der Waals surface area contributed by atoms with Gasteiger partial charge in [-0.25, -0.2) is 0 Å². The fourth-order valence-corrected chi connectivity index (χ4v) is 0. The molecule has 0 rings (SSSR count). The van der Waals surface area contributed by atoms with E-state index < -0.39 is 6.94 Å². The van der Waals surface area contributed by atoms with Crippen molar-refractivity contribution < 1.29 is 4.80 Å². The van der Waals surface area contributed by atoms with Crippen LogP contribution < -0.4 is 0 Å². The van der Waals surface area contributed by atoms with Gasteiger partial charge in [0.1, 0.15) is 0 Å². The molecule has 31 valence electrons. The Morgan fingerprint density at radius 3 is 1.60 bits per heavy atom. The summed E-state index contributed by atoms with van der Waals surface area (Å²) in [5.74, 6) is 0. The molecule has 0 fully saturated rings. The van der Waals surface area contributed by atoms with E-state index >= 15 is 0 Å². The molecular formula is CH3Cl2OSi. The number of halogens is 2. The standard InChI is InChI=1S/CH3Cl2OSi/c1-5(2,3)4/h1H3. The van der Waals surface area contributed by atoms with Crippen molar-refractivity contribution in [3.8, 4) is 0 Å². The predicted molar refractivity (Wildman–Crippen MR) is 24.0 cm³/mol. The summed E-state index contributed by atoms with van der Waals surface area (Å²) in [6.45, 7) is -1.61. The smallest absolute Gasteiger partial charge is 0.256 e. The van der Waals surface area contributed by atoms with Crippen LogP contribution in [0.5, 0.6) is 0 Å². The molecule has 0 amide bonds. The second-order valence-electron chi connectivity index (χ2n) is 0.808. The van der Waals surface area contributed by atoms with Crippen molar-refractivity contribution in [3.63, 3.8) is 0 Å². The van der Waals surface area contributed by atoms with Crippen molar-refractivity contribution in [2.24, 2.45) is 0 Å². The first kappa shape index (κ1) is 5.76. The normalized spacial score (nSPS) is 12.0. The largest absolute Gasteiger partial charge is 0.420 e. The lowest BCUT2D eigenvalue weighted by Gasteiger charge is -1.87. The molecule has 1 radical (unpaired) electrons. The minimum absolute atomic E-state index is 1.30. The molecule has 0 aliphatic heterocycles. The highest BCUT2D eigenvalue weighted by molar-refractivity contribution is 7.41. The highest BCUT2D eigenvalue weighted by Gasteiger charge is 2.17. The van der Waals surface area contributed by atoms with Crippen LogP contribution in [0.15, 0.2) is 0 Å². The van der Waals surface area contributed by atoms with E-state index in [9.17, 15) is 4.80 Å². The number of hydrogen-bond acceptors (Lipinski definition) is 0. The second-order valence-corrected chi connectivity index (χ2v) is 7.33. The maximum atomic E-state index is 9.77. The predicted octanol–water partition coefficient (Wildman–Crippen LogP) is 1.46. The highest BCUT2D eigenvalue weighted by atomic mass is 35.7. The monoisotopic (exact) mass is 129 g/mol. The average Bonchev–Trinajstić information content (AvgIpc) is 0.722. The van der Waals surface area contributed by atoms with Gasteiger partial charge in [0, 0.05) is 0 Å². The van der Waals surface area contributed by atoms with Crippen LogP contribution in [-0.2, 0) is 4.80 Å². The lowest BCUT2D eigenvalue weighted by Crippen LogP contribution is -2.06. The summed E-state index contributed by atoms with van der Waals surface area (Å²) in [6.07, 6.45) is 0. The maximum Gasteiger partial charge on any atom is 0.420 e. The summed E-state index contributed by atoms with van der Waals surface area (Å²) < 4.78 is 0. The average molecular weight is 130 g/mol. The van der Waals surface area contributed by atoms with Crippen molar-refractivity contribution in [2.75, 3.05) is 0 Å². The molecule has 1 nitrogen and oxygen atoms in total. The van der Waals surface area contributed by atoms with Gasteiger partial charge in [-0.1, -0.05) is 0 Å². The summed E-state index contributed by atoms with van der Waals surface area (Å²) in [5, 5.41) is 0. The Morgan fingerprint density at radius 2 is 1.60 bits per heavy atom. The molecule has 0 aromatic rings. The molecule has 0 saturated heterocycles. The molecule has 0 aromatic heterocycles. The van der Waals surface area contributed by atoms with E-state index in [0.717, 1.165) is 0 Å². The fourth-order valence-electron chi connectivity index (χ4n) is 0. The van der Waals surface area contributed by atoms with Gasteiger partial charge in [-0.05, 0) is 6.55 Å². The van der Waals surface area contributed by atoms with Gasteiger partial charge >= 0.3 is 6.94 Å². The van der Waals surface area contributed by atoms with E-state index in [2.05, 4.69) is 0 Å². The van der Waals surface area contributed by atoms with Gasteiger partial charge in [-0.2, -0.15) is 0 Å². The topological polar surface area (TPSA) is 19.9 Å². The molecule has 0 unspecified atom stereocenters. The maximum absolute atomic E-state index is 9.77. The number of rotatable bonds is 0. The highest BCUT2D eigenvalue weighted by Crippen LogP contribution is 2.07. The van der Waals surface area contributed by atoms with Crippen LogP contribution in [0.3, 0.4) is 0 Å². The molecule has 0 spiro atoms. The van der Waals surface area contributed by atoms with E-state index in [1.54, 1.807) is 0 Å². The zero-order valence-electron chi connectivity index (χ0n) is 2.66. The summed E-state index contributed by atoms with van der Waals surface area (Å²) >= 11 is 9.76. The third-order valence-electron chi connectivity index (χ3n) is 0. The van der Waals surface area contributed by atoms with E-state index in [1.807, 2.05) is 0 Å². The summed E-state index contributed by atoms with van der Waals surface area (Å²) in [6, 6.07) is 0. The first-order valence-corrected chi connectivity index (χ1v) is 5.51. The minimum Gasteiger partial charge on any atom is -0.256 e. The van der Waals surface area contributed by atoms with E-state index in [-0.39, 0.29) is 0 Å². The molecule has 5 heavy (non-hydrogen) atoms. The van der Waals surface area contributed by atoms with Crippen LogP contribution in [0.4, 0.5) is 0 Å². The van der Waals surface area contributed by atoms with E-state index in [1.165, 1.54) is 6.55 Å². The third-order valence-corrected chi connectivity index (χ3v) is 0. The quantitative estimate of drug-likeness (QED) is 0.349. The molecule has 0 aliphatic rings. The van der Waals surface area contributed by atoms with Gasteiger partial charge in [0.25, 0.3) is 0 Å². The van der Waals surface area contributed by atoms with Gasteiger partial charge in [-0.3, -0.25) is 4.80 Å². The molecule has 0 aliphatic carbocycles. The molecule has 0 bridgehead atoms. The Balaban J connectivity index is 3.02. The molecule has 0 N–H and O–H groups in total. The van der Waals surface area contributed by atoms with E-state index in [4.69, 9.17) is 22.2 Å². The van der Waals surface area contributed by atoms with Crippen LogP contribution in [0.1, 0.15) is 0 Å². The Kier molecular flexibility index (Phi) is 1.69. The van der Waals surface area contributed by atoms with Crippen LogP contribution in [0.2, 0.25) is 6.55 Å². The zero-order chi connectivity index (χ0) is 4.50. The van der Waals surface area contributed by atoms with Gasteiger partial charge in [0.05, 0.1) is 0 Å². The van der Waals surface area contributed by atoms with Gasteiger partial charge in [0.2, 0.25) is 0 Å². The SMILES string of the molecule is C[Si]([O])(Cl)Cl. The van der Waals surface area contributed by atoms with Crippen LogP contribution in [-0.4, -0.2) is 6.94 Å². The van der Waals surface area contributed by atoms with Crippen LogP contribution in [0.25, 0.3) is 0 Å². The first-order chi connectivity index (χ1) is 2.00. The molecule has 0 atom stereocenters. The molecule has 0 saturated carbocycles. The fraction of sp³-hybridized carbons (Fsp3) is 1.00. The van der Waals surface area contributed by atoms with Crippen LogP contribution >= 0.6 is 22.2 Å². The van der Waals surface area contributed by atoms with Crippen molar-refractivity contribution >= 4 is 29.1 Å². The molecular weight excluding hydrogens is 127 g/mol. The Labute approximate surface area is 41.1 Å². The number of hydrogen-bond donors (Lipinski definition) is 0. The minimum atomic E-state index is -2.92. The lowest BCUT2D eigenvalue weighted by atomic mass is 11.9. The van der Waals surface area contributed by atoms with Gasteiger partial charge in [-0.15, -0.1) is 22.2 Å². The molecule has 0 heterocycles.